The van der Waals surface area contributed by atoms with E-state index >= 15 is 0 Å². The van der Waals surface area contributed by atoms with Crippen LogP contribution in [-0.2, 0) is 52.5 Å². The average Bonchev–Trinajstić information content (AvgIpc) is 3.15. The van der Waals surface area contributed by atoms with Crippen molar-refractivity contribution in [1.82, 2.24) is 21.3 Å². The summed E-state index contributed by atoms with van der Waals surface area (Å²) in [6.07, 6.45) is 1.62. The number of ether oxygens (including phenoxy) is 5. The molecule has 0 aliphatic rings. The van der Waals surface area contributed by atoms with E-state index in [4.69, 9.17) is 35.5 Å². The van der Waals surface area contributed by atoms with Crippen molar-refractivity contribution in [3.8, 4) is 0 Å². The Hall–Kier alpha value is -4.14. The normalized spacial score (nSPS) is 13.9. The van der Waals surface area contributed by atoms with Crippen LogP contribution in [0.25, 0.3) is 0 Å². The second kappa shape index (κ2) is 37.6. The summed E-state index contributed by atoms with van der Waals surface area (Å²) in [4.78, 5) is 93.6. The van der Waals surface area contributed by atoms with E-state index in [2.05, 4.69) is 26.0 Å². The summed E-state index contributed by atoms with van der Waals surface area (Å²) in [5, 5.41) is 19.4. The van der Waals surface area contributed by atoms with E-state index in [-0.39, 0.29) is 64.8 Å². The number of carbonyl (C=O) groups excluding carboxylic acids is 7. The molecule has 0 rings (SSSR count). The molecule has 440 valence electrons. The van der Waals surface area contributed by atoms with E-state index < -0.39 is 83.5 Å². The number of methoxy groups -OCH3 is 3. The molecule has 0 aliphatic heterocycles. The first-order chi connectivity index (χ1) is 32.2. The second-order valence-corrected chi connectivity index (χ2v) is 24.8. The molecule has 0 aromatic rings. The van der Waals surface area contributed by atoms with Gasteiger partial charge in [0.05, 0.1) is 27.4 Å². The molecular weight excluding hydrogens is 1000 g/mol. The van der Waals surface area contributed by atoms with Crippen LogP contribution >= 0.6 is 24.8 Å². The Labute approximate surface area is 457 Å². The fraction of sp³-hybridized carbons (Fsp3) is 0.846. The van der Waals surface area contributed by atoms with Gasteiger partial charge in [-0.1, -0.05) is 104 Å². The van der Waals surface area contributed by atoms with Crippen molar-refractivity contribution in [1.29, 1.82) is 0 Å². The number of halogens is 2. The van der Waals surface area contributed by atoms with Gasteiger partial charge >= 0.3 is 36.1 Å². The highest BCUT2D eigenvalue weighted by Crippen LogP contribution is 2.23. The molecule has 0 aliphatic carbocycles. The van der Waals surface area contributed by atoms with E-state index in [9.17, 15) is 38.4 Å². The standard InChI is InChI=1S/C19H36N2O5.C14H28N2O3.C12H23NO4.C7H15NO2.2ClH/c1-12(2)10-13(16(23)25-9)20-15(22)14(11-18(3,4)5)21-17(24)26-19(6,7)8;1-9(2)7-11(13(18)19-6)16-12(17)10(15)8-14(3,4)5;1-11(2,3)7-8(9(14)15)13-10(16)17-12(4,5)6;1-5(2)4-6(8)7(9)10-3;;/h12-14H,10-11H2,1-9H3,(H,20,22)(H,21,24);9-11H,7-8,15H2,1-6H3,(H,16,17);8H,7H2,1-6H3,(H,13,16)(H,14,15);5-6H,4,8H2,1-3H3;2*1H/t13-,14-;10-,11-;8-;6-;;/m0000../s1. The number of aliphatic carboxylic acids is 1. The lowest BCUT2D eigenvalue weighted by Crippen LogP contribution is -2.53. The maximum absolute atomic E-state index is 12.7. The van der Waals surface area contributed by atoms with Gasteiger partial charge in [0.1, 0.15) is 41.4 Å². The Bertz CT molecular complexity index is 1660. The van der Waals surface area contributed by atoms with Gasteiger partial charge in [0.25, 0.3) is 0 Å². The lowest BCUT2D eigenvalue weighted by atomic mass is 9.87. The van der Waals surface area contributed by atoms with Gasteiger partial charge in [-0.15, -0.1) is 24.8 Å². The van der Waals surface area contributed by atoms with Crippen LogP contribution in [0, 0.1) is 34.0 Å². The van der Waals surface area contributed by atoms with Gasteiger partial charge in [0.15, 0.2) is 0 Å². The Morgan fingerprint density at radius 2 is 0.716 bits per heavy atom. The molecule has 0 aromatic carbocycles. The minimum absolute atomic E-state index is 0. The molecule has 0 spiro atoms. The van der Waals surface area contributed by atoms with Crippen molar-refractivity contribution < 1.29 is 67.1 Å². The molecule has 0 saturated heterocycles. The minimum Gasteiger partial charge on any atom is -0.480 e. The first kappa shape index (κ1) is 81.2. The monoisotopic (exact) mass is 1110 g/mol. The number of carbonyl (C=O) groups is 8. The number of esters is 3. The van der Waals surface area contributed by atoms with Crippen LogP contribution in [0.15, 0.2) is 0 Å². The van der Waals surface area contributed by atoms with Gasteiger partial charge in [-0.2, -0.15) is 0 Å². The Balaban J connectivity index is -0.000000216. The van der Waals surface area contributed by atoms with Crippen molar-refractivity contribution in [3.63, 3.8) is 0 Å². The molecule has 0 saturated carbocycles. The maximum atomic E-state index is 12.7. The number of hydrogen-bond donors (Lipinski definition) is 7. The predicted molar refractivity (Wildman–Crippen MR) is 295 cm³/mol. The second-order valence-electron chi connectivity index (χ2n) is 24.8. The number of nitrogens with two attached hydrogens (primary N) is 2. The van der Waals surface area contributed by atoms with Crippen molar-refractivity contribution in [3.05, 3.63) is 0 Å². The molecule has 0 aromatic heterocycles. The molecule has 22 heteroatoms. The van der Waals surface area contributed by atoms with Crippen LogP contribution in [0.3, 0.4) is 0 Å². The lowest BCUT2D eigenvalue weighted by Gasteiger charge is -2.29. The zero-order chi connectivity index (χ0) is 57.9. The summed E-state index contributed by atoms with van der Waals surface area (Å²) in [6, 6.07) is -4.18. The minimum atomic E-state index is -1.05. The molecular formula is C52H104Cl2N6O14. The van der Waals surface area contributed by atoms with Gasteiger partial charge in [-0.25, -0.2) is 24.0 Å². The van der Waals surface area contributed by atoms with E-state index in [1.165, 1.54) is 21.3 Å². The average molecular weight is 1110 g/mol. The molecule has 4 amide bonds. The van der Waals surface area contributed by atoms with Crippen LogP contribution in [-0.4, -0.2) is 122 Å². The summed E-state index contributed by atoms with van der Waals surface area (Å²) >= 11 is 0. The van der Waals surface area contributed by atoms with Gasteiger partial charge in [0, 0.05) is 0 Å². The number of nitrogens with one attached hydrogen (secondary N) is 4. The SMILES string of the molecule is CC(C)(C)C[C@H](NC(=O)OC(C)(C)C)C(=O)O.COC(=O)[C@@H](N)CC(C)C.COC(=O)[C@H](CC(C)C)NC(=O)[C@@H](N)CC(C)(C)C.COC(=O)[C@H](CC(C)C)NC(=O)[C@H](CC(C)(C)C)NC(=O)OC(C)(C)C.Cl.Cl. The molecule has 20 nitrogen and oxygen atoms in total. The van der Waals surface area contributed by atoms with Crippen LogP contribution in [0.2, 0.25) is 0 Å². The summed E-state index contributed by atoms with van der Waals surface area (Å²) in [7, 11) is 3.95. The topological polar surface area (TPSA) is 303 Å². The summed E-state index contributed by atoms with van der Waals surface area (Å²) < 4.78 is 24.2. The van der Waals surface area contributed by atoms with Crippen LogP contribution < -0.4 is 32.7 Å². The zero-order valence-electron chi connectivity index (χ0n) is 49.7. The van der Waals surface area contributed by atoms with E-state index in [0.717, 1.165) is 0 Å². The number of carboxylic acid groups (broad SMARTS) is 1. The number of rotatable bonds is 19. The van der Waals surface area contributed by atoms with Crippen molar-refractivity contribution >= 4 is 72.7 Å². The van der Waals surface area contributed by atoms with Crippen molar-refractivity contribution in [2.24, 2.45) is 45.5 Å². The molecule has 0 unspecified atom stereocenters. The van der Waals surface area contributed by atoms with E-state index in [1.54, 1.807) is 41.5 Å². The van der Waals surface area contributed by atoms with Gasteiger partial charge < -0.3 is 61.5 Å². The van der Waals surface area contributed by atoms with Gasteiger partial charge in [-0.05, 0) is 114 Å². The highest BCUT2D eigenvalue weighted by molar-refractivity contribution is 5.90. The first-order valence-electron chi connectivity index (χ1n) is 24.8. The van der Waals surface area contributed by atoms with Crippen LogP contribution in [0.4, 0.5) is 9.59 Å². The fourth-order valence-electron chi connectivity index (χ4n) is 6.25. The summed E-state index contributed by atoms with van der Waals surface area (Å²) in [6.45, 7) is 40.1. The van der Waals surface area contributed by atoms with E-state index in [1.807, 2.05) is 104 Å². The number of carboxylic acids is 1. The van der Waals surface area contributed by atoms with Gasteiger partial charge in [0.2, 0.25) is 11.8 Å². The summed E-state index contributed by atoms with van der Waals surface area (Å²) in [5.74, 6) is -2.12. The van der Waals surface area contributed by atoms with Crippen molar-refractivity contribution in [2.45, 2.75) is 231 Å². The third-order valence-electron chi connectivity index (χ3n) is 9.05. The number of alkyl carbamates (subject to hydrolysis) is 2. The Kier molecular flexibility index (Phi) is 41.2. The molecule has 0 bridgehead atoms. The third-order valence-corrected chi connectivity index (χ3v) is 9.05. The Morgan fingerprint density at radius 1 is 0.419 bits per heavy atom. The molecule has 74 heavy (non-hydrogen) atoms. The molecule has 0 heterocycles. The summed E-state index contributed by atoms with van der Waals surface area (Å²) in [5.41, 5.74) is 9.59. The largest absolute Gasteiger partial charge is 0.480 e. The highest BCUT2D eigenvalue weighted by Gasteiger charge is 2.33. The molecule has 0 radical (unpaired) electrons. The quantitative estimate of drug-likeness (QED) is 0.0473. The molecule has 9 N–H and O–H groups in total. The molecule has 6 atom stereocenters. The third kappa shape index (κ3) is 48.8. The number of amides is 4. The first-order valence-corrected chi connectivity index (χ1v) is 24.8. The number of hydrogen-bond acceptors (Lipinski definition) is 15. The predicted octanol–water partition coefficient (Wildman–Crippen LogP) is 8.25. The Morgan fingerprint density at radius 3 is 0.986 bits per heavy atom. The maximum Gasteiger partial charge on any atom is 0.408 e. The van der Waals surface area contributed by atoms with Crippen molar-refractivity contribution in [2.75, 3.05) is 21.3 Å². The van der Waals surface area contributed by atoms with Gasteiger partial charge in [-0.3, -0.25) is 14.4 Å². The highest BCUT2D eigenvalue weighted by atomic mass is 35.5. The smallest absolute Gasteiger partial charge is 0.408 e. The molecule has 0 fully saturated rings. The lowest BCUT2D eigenvalue weighted by molar-refractivity contribution is -0.146. The van der Waals surface area contributed by atoms with Crippen LogP contribution in [0.1, 0.15) is 184 Å². The zero-order valence-corrected chi connectivity index (χ0v) is 51.3. The van der Waals surface area contributed by atoms with Crippen LogP contribution in [0.5, 0.6) is 0 Å². The van der Waals surface area contributed by atoms with E-state index in [0.29, 0.717) is 44.4 Å². The fourth-order valence-corrected chi connectivity index (χ4v) is 6.25.